The average molecular weight is 200 g/mol. The summed E-state index contributed by atoms with van der Waals surface area (Å²) < 4.78 is 4.73. The van der Waals surface area contributed by atoms with Gasteiger partial charge in [-0.2, -0.15) is 0 Å². The van der Waals surface area contributed by atoms with Crippen LogP contribution in [0.3, 0.4) is 0 Å². The van der Waals surface area contributed by atoms with Crippen LogP contribution in [0.25, 0.3) is 0 Å². The Morgan fingerprint density at radius 1 is 1.64 bits per heavy atom. The lowest BCUT2D eigenvalue weighted by molar-refractivity contribution is 0.120. The monoisotopic (exact) mass is 200 g/mol. The van der Waals surface area contributed by atoms with E-state index in [1.165, 1.54) is 13.5 Å². The van der Waals surface area contributed by atoms with Crippen LogP contribution in [0.4, 0.5) is 4.79 Å². The molecule has 0 aliphatic carbocycles. The van der Waals surface area contributed by atoms with E-state index in [1.807, 2.05) is 0 Å². The first-order valence-electron chi connectivity index (χ1n) is 5.34. The van der Waals surface area contributed by atoms with E-state index in [1.54, 1.807) is 4.90 Å². The number of hydrogen-bond donors (Lipinski definition) is 1. The second-order valence-corrected chi connectivity index (χ2v) is 3.71. The fourth-order valence-electron chi connectivity index (χ4n) is 1.83. The van der Waals surface area contributed by atoms with Gasteiger partial charge in [0.15, 0.2) is 0 Å². The van der Waals surface area contributed by atoms with Crippen LogP contribution in [-0.4, -0.2) is 43.8 Å². The predicted molar refractivity (Wildman–Crippen MR) is 55.3 cm³/mol. The largest absolute Gasteiger partial charge is 0.453 e. The minimum Gasteiger partial charge on any atom is -0.453 e. The summed E-state index contributed by atoms with van der Waals surface area (Å²) in [6.45, 7) is 4.70. The maximum Gasteiger partial charge on any atom is 0.409 e. The number of amides is 1. The maximum absolute atomic E-state index is 11.4. The Kier molecular flexibility index (Phi) is 4.73. The molecule has 82 valence electrons. The average Bonchev–Trinajstić information content (AvgIpc) is 2.68. The van der Waals surface area contributed by atoms with Gasteiger partial charge < -0.3 is 15.0 Å². The topological polar surface area (TPSA) is 41.6 Å². The van der Waals surface area contributed by atoms with Crippen LogP contribution in [0.5, 0.6) is 0 Å². The normalized spacial score (nSPS) is 20.9. The van der Waals surface area contributed by atoms with Crippen molar-refractivity contribution in [3.8, 4) is 0 Å². The van der Waals surface area contributed by atoms with E-state index < -0.39 is 0 Å². The zero-order valence-electron chi connectivity index (χ0n) is 9.08. The van der Waals surface area contributed by atoms with E-state index in [2.05, 4.69) is 12.2 Å². The molecule has 1 rings (SSSR count). The van der Waals surface area contributed by atoms with E-state index in [9.17, 15) is 4.79 Å². The minimum atomic E-state index is -0.208. The Bertz CT molecular complexity index is 179. The third-order valence-electron chi connectivity index (χ3n) is 2.53. The molecule has 14 heavy (non-hydrogen) atoms. The lowest BCUT2D eigenvalue weighted by Crippen LogP contribution is -2.41. The molecule has 1 aliphatic heterocycles. The molecule has 1 N–H and O–H groups in total. The molecule has 1 atom stereocenters. The van der Waals surface area contributed by atoms with E-state index >= 15 is 0 Å². The number of methoxy groups -OCH3 is 1. The smallest absolute Gasteiger partial charge is 0.409 e. The van der Waals surface area contributed by atoms with E-state index in [4.69, 9.17) is 4.74 Å². The van der Waals surface area contributed by atoms with Crippen molar-refractivity contribution in [2.24, 2.45) is 0 Å². The molecule has 1 saturated heterocycles. The molecule has 1 unspecified atom stereocenters. The van der Waals surface area contributed by atoms with Gasteiger partial charge in [0.2, 0.25) is 0 Å². The zero-order valence-corrected chi connectivity index (χ0v) is 9.08. The lowest BCUT2D eigenvalue weighted by atomic mass is 10.2. The molecule has 0 aromatic carbocycles. The number of ether oxygens (including phenoxy) is 1. The van der Waals surface area contributed by atoms with Gasteiger partial charge >= 0.3 is 6.09 Å². The molecule has 0 aromatic heterocycles. The van der Waals surface area contributed by atoms with E-state index in [0.29, 0.717) is 6.04 Å². The summed E-state index contributed by atoms with van der Waals surface area (Å²) in [5.41, 5.74) is 0. The van der Waals surface area contributed by atoms with Crippen molar-refractivity contribution in [1.29, 1.82) is 0 Å². The van der Waals surface area contributed by atoms with Gasteiger partial charge in [0.25, 0.3) is 0 Å². The van der Waals surface area contributed by atoms with Crippen LogP contribution in [0.2, 0.25) is 0 Å². The van der Waals surface area contributed by atoms with Gasteiger partial charge in [-0.3, -0.25) is 0 Å². The van der Waals surface area contributed by atoms with E-state index in [0.717, 1.165) is 32.5 Å². The molecule has 0 saturated carbocycles. The molecule has 4 nitrogen and oxygen atoms in total. The molecular weight excluding hydrogens is 180 g/mol. The molecule has 1 heterocycles. The molecule has 0 radical (unpaired) electrons. The molecule has 4 heteroatoms. The molecule has 0 bridgehead atoms. The van der Waals surface area contributed by atoms with Crippen molar-refractivity contribution in [2.45, 2.75) is 32.2 Å². The second kappa shape index (κ2) is 5.86. The van der Waals surface area contributed by atoms with Gasteiger partial charge in [0.1, 0.15) is 0 Å². The van der Waals surface area contributed by atoms with Crippen molar-refractivity contribution in [1.82, 2.24) is 10.2 Å². The summed E-state index contributed by atoms with van der Waals surface area (Å²) in [5, 5.41) is 3.37. The van der Waals surface area contributed by atoms with Crippen LogP contribution in [0, 0.1) is 0 Å². The van der Waals surface area contributed by atoms with Crippen LogP contribution >= 0.6 is 0 Å². The number of carbonyl (C=O) groups is 1. The molecular formula is C10H20N2O2. The number of nitrogens with one attached hydrogen (secondary N) is 1. The summed E-state index contributed by atoms with van der Waals surface area (Å²) in [6.07, 6.45) is 3.14. The van der Waals surface area contributed by atoms with Crippen molar-refractivity contribution in [2.75, 3.05) is 26.7 Å². The number of carbonyl (C=O) groups excluding carboxylic acids is 1. The second-order valence-electron chi connectivity index (χ2n) is 3.71. The van der Waals surface area contributed by atoms with Crippen LogP contribution in [-0.2, 0) is 4.74 Å². The SMILES string of the molecule is CCCN(CC1CCCN1)C(=O)OC. The Morgan fingerprint density at radius 3 is 2.93 bits per heavy atom. The number of hydrogen-bond acceptors (Lipinski definition) is 3. The van der Waals surface area contributed by atoms with Crippen LogP contribution < -0.4 is 5.32 Å². The van der Waals surface area contributed by atoms with Gasteiger partial charge in [-0.15, -0.1) is 0 Å². The van der Waals surface area contributed by atoms with Crippen molar-refractivity contribution >= 4 is 6.09 Å². The van der Waals surface area contributed by atoms with Crippen molar-refractivity contribution in [3.05, 3.63) is 0 Å². The van der Waals surface area contributed by atoms with Gasteiger partial charge in [-0.05, 0) is 25.8 Å². The van der Waals surface area contributed by atoms with Crippen LogP contribution in [0.15, 0.2) is 0 Å². The first-order chi connectivity index (χ1) is 6.77. The summed E-state index contributed by atoms with van der Waals surface area (Å²) >= 11 is 0. The van der Waals surface area contributed by atoms with Crippen molar-refractivity contribution < 1.29 is 9.53 Å². The zero-order chi connectivity index (χ0) is 10.4. The number of rotatable bonds is 4. The molecule has 0 spiro atoms. The third kappa shape index (κ3) is 3.18. The highest BCUT2D eigenvalue weighted by Crippen LogP contribution is 2.08. The highest BCUT2D eigenvalue weighted by atomic mass is 16.5. The fraction of sp³-hybridized carbons (Fsp3) is 0.900. The summed E-state index contributed by atoms with van der Waals surface area (Å²) in [6, 6.07) is 0.459. The van der Waals surface area contributed by atoms with Crippen LogP contribution in [0.1, 0.15) is 26.2 Å². The third-order valence-corrected chi connectivity index (χ3v) is 2.53. The van der Waals surface area contributed by atoms with Crippen molar-refractivity contribution in [3.63, 3.8) is 0 Å². The summed E-state index contributed by atoms with van der Waals surface area (Å²) in [5.74, 6) is 0. The van der Waals surface area contributed by atoms with Gasteiger partial charge in [-0.25, -0.2) is 4.79 Å². The lowest BCUT2D eigenvalue weighted by Gasteiger charge is -2.23. The molecule has 1 amide bonds. The summed E-state index contributed by atoms with van der Waals surface area (Å²) in [4.78, 5) is 13.1. The Morgan fingerprint density at radius 2 is 2.43 bits per heavy atom. The molecule has 1 fully saturated rings. The highest BCUT2D eigenvalue weighted by molar-refractivity contribution is 5.67. The predicted octanol–water partition coefficient (Wildman–Crippen LogP) is 1.22. The molecule has 0 aromatic rings. The van der Waals surface area contributed by atoms with Gasteiger partial charge in [-0.1, -0.05) is 6.92 Å². The minimum absolute atomic E-state index is 0.208. The van der Waals surface area contributed by atoms with Gasteiger partial charge in [0.05, 0.1) is 7.11 Å². The summed E-state index contributed by atoms with van der Waals surface area (Å²) in [7, 11) is 1.44. The standard InChI is InChI=1S/C10H20N2O2/c1-3-7-12(10(13)14-2)8-9-5-4-6-11-9/h9,11H,3-8H2,1-2H3. The number of nitrogens with zero attached hydrogens (tertiary/aromatic N) is 1. The van der Waals surface area contributed by atoms with E-state index in [-0.39, 0.29) is 6.09 Å². The van der Waals surface area contributed by atoms with Gasteiger partial charge in [0, 0.05) is 19.1 Å². The Balaban J connectivity index is 2.37. The fourth-order valence-corrected chi connectivity index (χ4v) is 1.83. The maximum atomic E-state index is 11.4. The first-order valence-corrected chi connectivity index (χ1v) is 5.34. The highest BCUT2D eigenvalue weighted by Gasteiger charge is 2.20. The Hall–Kier alpha value is -0.770. The molecule has 1 aliphatic rings. The first kappa shape index (κ1) is 11.3. The quantitative estimate of drug-likeness (QED) is 0.742. The Labute approximate surface area is 85.6 Å².